The van der Waals surface area contributed by atoms with Crippen LogP contribution in [-0.4, -0.2) is 36.7 Å². The van der Waals surface area contributed by atoms with E-state index in [9.17, 15) is 14.4 Å². The third-order valence-corrected chi connectivity index (χ3v) is 4.14. The third kappa shape index (κ3) is 2.80. The van der Waals surface area contributed by atoms with Gasteiger partial charge < -0.3 is 14.2 Å². The molecule has 6 nitrogen and oxygen atoms in total. The van der Waals surface area contributed by atoms with Gasteiger partial charge in [-0.3, -0.25) is 4.79 Å². The average Bonchev–Trinajstić information content (AvgIpc) is 2.70. The lowest BCUT2D eigenvalue weighted by molar-refractivity contribution is -0.162. The standard InChI is InChI=1S/C15H20O6/c1-9(2)12(16)20-11-10(13(17)19-3)15(21-14(11)18)7-5-4-6-8-15/h10-11H,1,4-8H2,2-3H3. The fraction of sp³-hybridized carbons (Fsp3) is 0.667. The van der Waals surface area contributed by atoms with Gasteiger partial charge in [-0.1, -0.05) is 13.0 Å². The van der Waals surface area contributed by atoms with Crippen molar-refractivity contribution in [3.63, 3.8) is 0 Å². The highest BCUT2D eigenvalue weighted by Gasteiger charge is 2.61. The molecule has 21 heavy (non-hydrogen) atoms. The molecule has 0 aromatic carbocycles. The van der Waals surface area contributed by atoms with Crippen molar-refractivity contribution in [2.75, 3.05) is 7.11 Å². The zero-order chi connectivity index (χ0) is 15.6. The van der Waals surface area contributed by atoms with Gasteiger partial charge in [-0.05, 0) is 32.6 Å². The molecule has 2 rings (SSSR count). The summed E-state index contributed by atoms with van der Waals surface area (Å²) < 4.78 is 15.4. The van der Waals surface area contributed by atoms with E-state index < -0.39 is 35.5 Å². The molecule has 1 aliphatic heterocycles. The van der Waals surface area contributed by atoms with Crippen LogP contribution in [0.15, 0.2) is 12.2 Å². The number of esters is 3. The molecular formula is C15H20O6. The minimum absolute atomic E-state index is 0.163. The number of hydrogen-bond acceptors (Lipinski definition) is 6. The molecule has 1 saturated heterocycles. The molecule has 1 heterocycles. The number of rotatable bonds is 3. The van der Waals surface area contributed by atoms with Crippen LogP contribution in [0.3, 0.4) is 0 Å². The molecule has 1 spiro atoms. The summed E-state index contributed by atoms with van der Waals surface area (Å²) in [5.74, 6) is -2.87. The number of carbonyl (C=O) groups is 3. The lowest BCUT2D eigenvalue weighted by Gasteiger charge is -2.35. The smallest absolute Gasteiger partial charge is 0.349 e. The van der Waals surface area contributed by atoms with E-state index >= 15 is 0 Å². The topological polar surface area (TPSA) is 78.9 Å². The molecule has 2 aliphatic rings. The molecule has 2 unspecified atom stereocenters. The maximum Gasteiger partial charge on any atom is 0.349 e. The molecule has 0 amide bonds. The van der Waals surface area contributed by atoms with Crippen molar-refractivity contribution in [2.24, 2.45) is 5.92 Å². The first-order valence-electron chi connectivity index (χ1n) is 7.08. The Morgan fingerprint density at radius 2 is 1.90 bits per heavy atom. The first-order chi connectivity index (χ1) is 9.91. The molecule has 0 bridgehead atoms. The van der Waals surface area contributed by atoms with Crippen molar-refractivity contribution in [1.82, 2.24) is 0 Å². The van der Waals surface area contributed by atoms with E-state index in [1.807, 2.05) is 0 Å². The van der Waals surface area contributed by atoms with Crippen molar-refractivity contribution >= 4 is 17.9 Å². The highest BCUT2D eigenvalue weighted by molar-refractivity contribution is 5.93. The Bertz CT molecular complexity index is 475. The van der Waals surface area contributed by atoms with Crippen LogP contribution in [0.25, 0.3) is 0 Å². The Hall–Kier alpha value is -1.85. The molecule has 2 fully saturated rings. The SMILES string of the molecule is C=C(C)C(=O)OC1C(=O)OC2(CCCCC2)C1C(=O)OC. The lowest BCUT2D eigenvalue weighted by atomic mass is 9.75. The highest BCUT2D eigenvalue weighted by Crippen LogP contribution is 2.45. The van der Waals surface area contributed by atoms with Crippen LogP contribution in [0.1, 0.15) is 39.0 Å². The second kappa shape index (κ2) is 5.87. The minimum Gasteiger partial charge on any atom is -0.469 e. The highest BCUT2D eigenvalue weighted by atomic mass is 16.6. The summed E-state index contributed by atoms with van der Waals surface area (Å²) in [6.07, 6.45) is 2.67. The zero-order valence-electron chi connectivity index (χ0n) is 12.3. The normalized spacial score (nSPS) is 27.0. The summed E-state index contributed by atoms with van der Waals surface area (Å²) in [6.45, 7) is 4.95. The molecule has 1 saturated carbocycles. The maximum atomic E-state index is 12.1. The van der Waals surface area contributed by atoms with Crippen molar-refractivity contribution in [1.29, 1.82) is 0 Å². The van der Waals surface area contributed by atoms with Gasteiger partial charge in [-0.25, -0.2) is 9.59 Å². The number of ether oxygens (including phenoxy) is 3. The van der Waals surface area contributed by atoms with Crippen LogP contribution in [0.4, 0.5) is 0 Å². The van der Waals surface area contributed by atoms with Gasteiger partial charge in [0.2, 0.25) is 6.10 Å². The molecule has 0 radical (unpaired) electrons. The van der Waals surface area contributed by atoms with Crippen LogP contribution < -0.4 is 0 Å². The van der Waals surface area contributed by atoms with E-state index in [1.54, 1.807) is 0 Å². The van der Waals surface area contributed by atoms with Crippen molar-refractivity contribution in [2.45, 2.75) is 50.7 Å². The van der Waals surface area contributed by atoms with Crippen LogP contribution in [0, 0.1) is 5.92 Å². The molecule has 2 atom stereocenters. The summed E-state index contributed by atoms with van der Waals surface area (Å²) in [5, 5.41) is 0. The van der Waals surface area contributed by atoms with Gasteiger partial charge in [-0.2, -0.15) is 0 Å². The van der Waals surface area contributed by atoms with Gasteiger partial charge in [0.05, 0.1) is 7.11 Å². The average molecular weight is 296 g/mol. The molecule has 0 N–H and O–H groups in total. The van der Waals surface area contributed by atoms with Crippen molar-refractivity contribution in [3.8, 4) is 0 Å². The zero-order valence-corrected chi connectivity index (χ0v) is 12.3. The first kappa shape index (κ1) is 15.5. The van der Waals surface area contributed by atoms with Gasteiger partial charge in [0, 0.05) is 5.57 Å². The van der Waals surface area contributed by atoms with Crippen LogP contribution >= 0.6 is 0 Å². The molecule has 1 aliphatic carbocycles. The summed E-state index contributed by atoms with van der Waals surface area (Å²) in [6, 6.07) is 0. The van der Waals surface area contributed by atoms with E-state index in [0.717, 1.165) is 19.3 Å². The van der Waals surface area contributed by atoms with Gasteiger partial charge >= 0.3 is 17.9 Å². The summed E-state index contributed by atoms with van der Waals surface area (Å²) >= 11 is 0. The fourth-order valence-electron chi connectivity index (χ4n) is 3.09. The molecule has 6 heteroatoms. The summed E-state index contributed by atoms with van der Waals surface area (Å²) in [5.41, 5.74) is -0.737. The van der Waals surface area contributed by atoms with Gasteiger partial charge in [0.15, 0.2) is 0 Å². The third-order valence-electron chi connectivity index (χ3n) is 4.14. The fourth-order valence-corrected chi connectivity index (χ4v) is 3.09. The molecular weight excluding hydrogens is 276 g/mol. The Labute approximate surface area is 123 Å². The Balaban J connectivity index is 2.29. The number of carbonyl (C=O) groups excluding carboxylic acids is 3. The summed E-state index contributed by atoms with van der Waals surface area (Å²) in [7, 11) is 1.25. The molecule has 0 aromatic rings. The Kier molecular flexibility index (Phi) is 4.34. The second-order valence-electron chi connectivity index (χ2n) is 5.65. The monoisotopic (exact) mass is 296 g/mol. The molecule has 0 aromatic heterocycles. The van der Waals surface area contributed by atoms with Gasteiger partial charge in [-0.15, -0.1) is 0 Å². The van der Waals surface area contributed by atoms with Gasteiger partial charge in [0.1, 0.15) is 11.5 Å². The van der Waals surface area contributed by atoms with E-state index in [-0.39, 0.29) is 5.57 Å². The van der Waals surface area contributed by atoms with E-state index in [1.165, 1.54) is 14.0 Å². The maximum absolute atomic E-state index is 12.1. The summed E-state index contributed by atoms with van der Waals surface area (Å²) in [4.78, 5) is 35.9. The quantitative estimate of drug-likeness (QED) is 0.446. The largest absolute Gasteiger partial charge is 0.469 e. The first-order valence-corrected chi connectivity index (χ1v) is 7.08. The van der Waals surface area contributed by atoms with E-state index in [0.29, 0.717) is 12.8 Å². The minimum atomic E-state index is -1.25. The van der Waals surface area contributed by atoms with Crippen LogP contribution in [0.5, 0.6) is 0 Å². The second-order valence-corrected chi connectivity index (χ2v) is 5.65. The Morgan fingerprint density at radius 3 is 2.43 bits per heavy atom. The van der Waals surface area contributed by atoms with Gasteiger partial charge in [0.25, 0.3) is 0 Å². The van der Waals surface area contributed by atoms with Crippen molar-refractivity contribution in [3.05, 3.63) is 12.2 Å². The number of hydrogen-bond donors (Lipinski definition) is 0. The van der Waals surface area contributed by atoms with E-state index in [2.05, 4.69) is 6.58 Å². The van der Waals surface area contributed by atoms with Crippen LogP contribution in [-0.2, 0) is 28.6 Å². The molecule has 116 valence electrons. The number of methoxy groups -OCH3 is 1. The predicted octanol–water partition coefficient (Wildman–Crippen LogP) is 1.52. The predicted molar refractivity (Wildman–Crippen MR) is 72.1 cm³/mol. The Morgan fingerprint density at radius 1 is 1.29 bits per heavy atom. The van der Waals surface area contributed by atoms with Crippen molar-refractivity contribution < 1.29 is 28.6 Å². The lowest BCUT2D eigenvalue weighted by Crippen LogP contribution is -2.46. The van der Waals surface area contributed by atoms with Crippen LogP contribution in [0.2, 0.25) is 0 Å². The van der Waals surface area contributed by atoms with E-state index in [4.69, 9.17) is 14.2 Å².